The van der Waals surface area contributed by atoms with Gasteiger partial charge in [0.2, 0.25) is 11.8 Å². The standard InChI is InChI=1S/C25H42N7O17P3S.CH2O/c1-4-5-16(34)53-9-8-27-15(33)6-7-28-23(37)20(36)25(2,3)11-46-52(43,44)49-51(41,42)45-10-14-19(48-50(38,39)40)18(35)24(47-14)32-13-31-17-21(26)29-12-30-22(17)32;1-2/h12-14,18-20,24,35-36H,4-11H2,1-3H3,(H,27,33)(H,28,37)(H,41,42)(H,43,44)(H2,26,29,30)(H2,38,39,40);1H2/t14-,18-,19-,20+,24-;/m1./s1. The van der Waals surface area contributed by atoms with Crippen molar-refractivity contribution in [3.63, 3.8) is 0 Å². The van der Waals surface area contributed by atoms with Gasteiger partial charge >= 0.3 is 23.5 Å². The van der Waals surface area contributed by atoms with Crippen molar-refractivity contribution >= 4 is 75.9 Å². The highest BCUT2D eigenvalue weighted by atomic mass is 32.2. The fourth-order valence-corrected chi connectivity index (χ4v) is 8.18. The summed E-state index contributed by atoms with van der Waals surface area (Å²) in [6.45, 7) is 4.41. The quantitative estimate of drug-likeness (QED) is 0.0552. The molecule has 2 aromatic heterocycles. The highest BCUT2D eigenvalue weighted by Gasteiger charge is 2.50. The second-order valence-corrected chi connectivity index (χ2v) is 17.4. The van der Waals surface area contributed by atoms with E-state index in [1.54, 1.807) is 0 Å². The Hall–Kier alpha value is -2.77. The zero-order valence-corrected chi connectivity index (χ0v) is 33.1. The molecule has 0 spiro atoms. The largest absolute Gasteiger partial charge is 0.481 e. The molecule has 0 aliphatic carbocycles. The number of carbonyl (C=O) groups excluding carboxylic acids is 4. The van der Waals surface area contributed by atoms with E-state index in [2.05, 4.69) is 34.4 Å². The van der Waals surface area contributed by atoms with Gasteiger partial charge in [0.1, 0.15) is 43.0 Å². The Kier molecular flexibility index (Phi) is 18.6. The summed E-state index contributed by atoms with van der Waals surface area (Å²) in [6.07, 6.45) is -5.73. The Morgan fingerprint density at radius 3 is 2.35 bits per heavy atom. The van der Waals surface area contributed by atoms with Gasteiger partial charge in [0.25, 0.3) is 0 Å². The summed E-state index contributed by atoms with van der Waals surface area (Å²) in [5.74, 6) is -1.06. The Morgan fingerprint density at radius 2 is 1.71 bits per heavy atom. The van der Waals surface area contributed by atoms with Crippen molar-refractivity contribution in [3.8, 4) is 0 Å². The van der Waals surface area contributed by atoms with Crippen molar-refractivity contribution in [2.24, 2.45) is 5.41 Å². The predicted molar refractivity (Wildman–Crippen MR) is 189 cm³/mol. The molecule has 10 N–H and O–H groups in total. The zero-order valence-electron chi connectivity index (χ0n) is 29.6. The fraction of sp³-hybridized carbons (Fsp3) is 0.654. The maximum absolute atomic E-state index is 12.6. The minimum Gasteiger partial charge on any atom is -0.386 e. The molecule has 3 rings (SSSR count). The number of aliphatic hydroxyl groups is 2. The molecule has 2 amide bonds. The summed E-state index contributed by atoms with van der Waals surface area (Å²) >= 11 is 1.09. The molecule has 7 atom stereocenters. The number of hydrogen-bond donors (Lipinski definition) is 9. The number of phosphoric acid groups is 3. The van der Waals surface area contributed by atoms with Gasteiger partial charge in [-0.2, -0.15) is 4.31 Å². The van der Waals surface area contributed by atoms with E-state index in [9.17, 15) is 57.9 Å². The molecule has 29 heteroatoms. The molecular weight excluding hydrogens is 823 g/mol. The van der Waals surface area contributed by atoms with Crippen molar-refractivity contribution < 1.29 is 85.3 Å². The van der Waals surface area contributed by atoms with Crippen molar-refractivity contribution in [1.82, 2.24) is 30.2 Å². The van der Waals surface area contributed by atoms with E-state index in [-0.39, 0.29) is 41.6 Å². The summed E-state index contributed by atoms with van der Waals surface area (Å²) in [4.78, 5) is 94.8. The highest BCUT2D eigenvalue weighted by molar-refractivity contribution is 8.13. The van der Waals surface area contributed by atoms with E-state index in [1.165, 1.54) is 13.8 Å². The molecule has 3 heterocycles. The molecule has 55 heavy (non-hydrogen) atoms. The molecule has 2 unspecified atom stereocenters. The van der Waals surface area contributed by atoms with E-state index in [4.69, 9.17) is 24.3 Å². The molecule has 1 fully saturated rings. The number of phosphoric ester groups is 3. The van der Waals surface area contributed by atoms with Gasteiger partial charge in [-0.1, -0.05) is 32.5 Å². The number of hydrogen-bond acceptors (Lipinski definition) is 19. The smallest absolute Gasteiger partial charge is 0.386 e. The molecule has 1 saturated heterocycles. The van der Waals surface area contributed by atoms with Crippen LogP contribution in [-0.4, -0.2) is 129 Å². The van der Waals surface area contributed by atoms with E-state index in [1.807, 2.05) is 13.7 Å². The van der Waals surface area contributed by atoms with Crippen LogP contribution >= 0.6 is 35.2 Å². The first-order valence-electron chi connectivity index (χ1n) is 15.9. The van der Waals surface area contributed by atoms with E-state index >= 15 is 0 Å². The van der Waals surface area contributed by atoms with Gasteiger partial charge in [0.15, 0.2) is 22.8 Å². The Balaban J connectivity index is 0.00000514. The molecule has 25 nitrogen and oxygen atoms in total. The minimum absolute atomic E-state index is 0.0127. The van der Waals surface area contributed by atoms with Crippen LogP contribution in [-0.2, 0) is 55.5 Å². The SMILES string of the molecule is C=O.CCCC(=O)SCCNC(=O)CCNC(=O)[C@H](O)C(C)(C)COP(=O)(O)OP(=O)(O)OC[C@H]1O[C@@H](n2cnc3c(N)ncnc32)[C@H](O)[C@@H]1OP(=O)(O)O. The topological polar surface area (TPSA) is 381 Å². The summed E-state index contributed by atoms with van der Waals surface area (Å²) in [5.41, 5.74) is 4.27. The monoisotopic (exact) mass is 867 g/mol. The maximum atomic E-state index is 12.6. The predicted octanol–water partition coefficient (Wildman–Crippen LogP) is -0.720. The average Bonchev–Trinajstić information content (AvgIpc) is 3.65. The summed E-state index contributed by atoms with van der Waals surface area (Å²) in [6, 6.07) is 0. The molecule has 0 aromatic carbocycles. The number of imidazole rings is 1. The van der Waals surface area contributed by atoms with Gasteiger partial charge in [-0.05, 0) is 6.42 Å². The number of nitrogens with two attached hydrogens (primary N) is 1. The Labute approximate surface area is 317 Å². The normalized spacial score (nSPS) is 21.5. The van der Waals surface area contributed by atoms with Gasteiger partial charge in [-0.15, -0.1) is 0 Å². The highest BCUT2D eigenvalue weighted by Crippen LogP contribution is 2.61. The van der Waals surface area contributed by atoms with Crippen molar-refractivity contribution in [3.05, 3.63) is 12.7 Å². The first kappa shape index (κ1) is 48.4. The number of nitrogens with one attached hydrogen (secondary N) is 2. The molecular formula is C26H44N7O18P3S. The van der Waals surface area contributed by atoms with E-state index in [0.717, 1.165) is 35.4 Å². The van der Waals surface area contributed by atoms with Gasteiger partial charge in [0, 0.05) is 37.1 Å². The maximum Gasteiger partial charge on any atom is 0.481 e. The van der Waals surface area contributed by atoms with E-state index in [0.29, 0.717) is 12.2 Å². The minimum atomic E-state index is -5.56. The van der Waals surface area contributed by atoms with Crippen LogP contribution in [0.5, 0.6) is 0 Å². The van der Waals surface area contributed by atoms with Crippen molar-refractivity contribution in [2.45, 2.75) is 70.7 Å². The molecule has 1 aliphatic heterocycles. The third-order valence-corrected chi connectivity index (χ3v) is 11.3. The van der Waals surface area contributed by atoms with Crippen molar-refractivity contribution in [1.29, 1.82) is 0 Å². The van der Waals surface area contributed by atoms with Crippen molar-refractivity contribution in [2.75, 3.05) is 37.8 Å². The number of anilines is 1. The lowest BCUT2D eigenvalue weighted by atomic mass is 9.87. The number of carbonyl (C=O) groups is 4. The summed E-state index contributed by atoms with van der Waals surface area (Å²) < 4.78 is 61.9. The van der Waals surface area contributed by atoms with E-state index < -0.39 is 84.6 Å². The van der Waals surface area contributed by atoms with Crippen LogP contribution in [0.4, 0.5) is 5.82 Å². The number of rotatable bonds is 21. The lowest BCUT2D eigenvalue weighted by Crippen LogP contribution is -2.46. The lowest BCUT2D eigenvalue weighted by Gasteiger charge is -2.30. The van der Waals surface area contributed by atoms with Gasteiger partial charge < -0.3 is 55.7 Å². The number of ether oxygens (including phenoxy) is 1. The van der Waals surface area contributed by atoms with Crippen LogP contribution in [0.3, 0.4) is 0 Å². The Morgan fingerprint density at radius 1 is 1.05 bits per heavy atom. The second kappa shape index (κ2) is 21.1. The molecule has 0 bridgehead atoms. The molecule has 1 aliphatic rings. The zero-order chi connectivity index (χ0) is 41.8. The number of thioether (sulfide) groups is 1. The second-order valence-electron chi connectivity index (χ2n) is 12.0. The summed E-state index contributed by atoms with van der Waals surface area (Å²) in [7, 11) is -16.4. The number of nitrogens with zero attached hydrogens (tertiary/aromatic N) is 4. The Bertz CT molecular complexity index is 1770. The molecule has 0 radical (unpaired) electrons. The third kappa shape index (κ3) is 15.3. The first-order valence-corrected chi connectivity index (χ1v) is 21.4. The number of fused-ring (bicyclic) bond motifs is 1. The van der Waals surface area contributed by atoms with Crippen LogP contribution in [0.2, 0.25) is 0 Å². The van der Waals surface area contributed by atoms with Crippen LogP contribution in [0.1, 0.15) is 46.3 Å². The third-order valence-electron chi connectivity index (χ3n) is 7.22. The van der Waals surface area contributed by atoms with Crippen LogP contribution < -0.4 is 16.4 Å². The fourth-order valence-electron chi connectivity index (χ4n) is 4.57. The van der Waals surface area contributed by atoms with Gasteiger partial charge in [0.05, 0.1) is 19.5 Å². The first-order chi connectivity index (χ1) is 25.6. The van der Waals surface area contributed by atoms with Gasteiger partial charge in [-0.25, -0.2) is 28.6 Å². The molecule has 0 saturated carbocycles. The number of aromatic nitrogens is 4. The number of amides is 2. The summed E-state index contributed by atoms with van der Waals surface area (Å²) in [5, 5.41) is 26.3. The van der Waals surface area contributed by atoms with Crippen LogP contribution in [0.15, 0.2) is 12.7 Å². The molecule has 312 valence electrons. The number of nitrogen functional groups attached to an aromatic ring is 1. The lowest BCUT2D eigenvalue weighted by molar-refractivity contribution is -0.137. The van der Waals surface area contributed by atoms with Crippen LogP contribution in [0.25, 0.3) is 11.2 Å². The molecule has 2 aromatic rings. The van der Waals surface area contributed by atoms with Crippen LogP contribution in [0, 0.1) is 5.41 Å². The average molecular weight is 868 g/mol. The number of aliphatic hydroxyl groups excluding tert-OH is 2. The van der Waals surface area contributed by atoms with Gasteiger partial charge in [-0.3, -0.25) is 32.5 Å².